The Morgan fingerprint density at radius 3 is 2.21 bits per heavy atom. The standard InChI is InChI=1S/C21H26O3/c1-4-5-15-21(2,3)20(22)24-19-13-11-18(12-14-19)23-16-17-9-7-6-8-10-17/h6-14H,4-5,15-16H2,1-3H3. The van der Waals surface area contributed by atoms with E-state index in [1.165, 1.54) is 0 Å². The van der Waals surface area contributed by atoms with Crippen LogP contribution in [0.2, 0.25) is 0 Å². The molecular formula is C21H26O3. The number of hydrogen-bond donors (Lipinski definition) is 0. The monoisotopic (exact) mass is 326 g/mol. The Labute approximate surface area is 144 Å². The van der Waals surface area contributed by atoms with Gasteiger partial charge in [-0.1, -0.05) is 50.1 Å². The number of rotatable bonds is 8. The fourth-order valence-corrected chi connectivity index (χ4v) is 2.31. The van der Waals surface area contributed by atoms with E-state index in [1.807, 2.05) is 56.3 Å². The van der Waals surface area contributed by atoms with Gasteiger partial charge in [-0.25, -0.2) is 0 Å². The molecule has 3 heteroatoms. The highest BCUT2D eigenvalue weighted by Gasteiger charge is 2.29. The van der Waals surface area contributed by atoms with Crippen LogP contribution in [0.4, 0.5) is 0 Å². The van der Waals surface area contributed by atoms with Crippen molar-refractivity contribution in [1.82, 2.24) is 0 Å². The summed E-state index contributed by atoms with van der Waals surface area (Å²) in [5, 5.41) is 0. The fourth-order valence-electron chi connectivity index (χ4n) is 2.31. The van der Waals surface area contributed by atoms with Crippen molar-refractivity contribution in [1.29, 1.82) is 0 Å². The van der Waals surface area contributed by atoms with Crippen molar-refractivity contribution in [2.45, 2.75) is 46.6 Å². The molecule has 0 heterocycles. The molecule has 24 heavy (non-hydrogen) atoms. The fraction of sp³-hybridized carbons (Fsp3) is 0.381. The first kappa shape index (κ1) is 18.1. The van der Waals surface area contributed by atoms with Crippen molar-refractivity contribution in [2.24, 2.45) is 5.41 Å². The molecule has 0 fully saturated rings. The number of ether oxygens (including phenoxy) is 2. The molecule has 0 amide bonds. The molecule has 0 aliphatic heterocycles. The van der Waals surface area contributed by atoms with E-state index in [-0.39, 0.29) is 5.97 Å². The predicted molar refractivity (Wildman–Crippen MR) is 96.2 cm³/mol. The van der Waals surface area contributed by atoms with E-state index < -0.39 is 5.41 Å². The zero-order valence-corrected chi connectivity index (χ0v) is 14.7. The largest absolute Gasteiger partial charge is 0.489 e. The summed E-state index contributed by atoms with van der Waals surface area (Å²) in [6, 6.07) is 17.2. The van der Waals surface area contributed by atoms with Gasteiger partial charge in [-0.05, 0) is 50.1 Å². The van der Waals surface area contributed by atoms with Crippen LogP contribution in [-0.2, 0) is 11.4 Å². The second kappa shape index (κ2) is 8.53. The molecule has 0 bridgehead atoms. The lowest BCUT2D eigenvalue weighted by Gasteiger charge is -2.22. The van der Waals surface area contributed by atoms with Crippen LogP contribution in [0, 0.1) is 5.41 Å². The van der Waals surface area contributed by atoms with E-state index in [9.17, 15) is 4.79 Å². The molecule has 2 aromatic carbocycles. The molecule has 0 spiro atoms. The smallest absolute Gasteiger partial charge is 0.316 e. The molecule has 2 rings (SSSR count). The topological polar surface area (TPSA) is 35.5 Å². The van der Waals surface area contributed by atoms with Gasteiger partial charge in [0.1, 0.15) is 18.1 Å². The molecule has 3 nitrogen and oxygen atoms in total. The zero-order valence-electron chi connectivity index (χ0n) is 14.7. The summed E-state index contributed by atoms with van der Waals surface area (Å²) in [4.78, 5) is 12.3. The molecule has 128 valence electrons. The third-order valence-corrected chi connectivity index (χ3v) is 3.99. The Kier molecular flexibility index (Phi) is 6.42. The molecule has 2 aromatic rings. The number of unbranched alkanes of at least 4 members (excludes halogenated alkanes) is 1. The first-order chi connectivity index (χ1) is 11.5. The van der Waals surface area contributed by atoms with Gasteiger partial charge in [0.15, 0.2) is 0 Å². The third-order valence-electron chi connectivity index (χ3n) is 3.99. The number of hydrogen-bond acceptors (Lipinski definition) is 3. The van der Waals surface area contributed by atoms with Gasteiger partial charge >= 0.3 is 5.97 Å². The maximum Gasteiger partial charge on any atom is 0.316 e. The van der Waals surface area contributed by atoms with E-state index in [1.54, 1.807) is 12.1 Å². The summed E-state index contributed by atoms with van der Waals surface area (Å²) < 4.78 is 11.2. The van der Waals surface area contributed by atoms with Gasteiger partial charge in [-0.2, -0.15) is 0 Å². The highest BCUT2D eigenvalue weighted by molar-refractivity contribution is 5.78. The first-order valence-electron chi connectivity index (χ1n) is 8.50. The number of carbonyl (C=O) groups is 1. The van der Waals surface area contributed by atoms with Crippen molar-refractivity contribution in [3.8, 4) is 11.5 Å². The van der Waals surface area contributed by atoms with Crippen molar-refractivity contribution >= 4 is 5.97 Å². The number of benzene rings is 2. The predicted octanol–water partition coefficient (Wildman–Crippen LogP) is 5.39. The Morgan fingerprint density at radius 1 is 0.958 bits per heavy atom. The molecule has 0 radical (unpaired) electrons. The van der Waals surface area contributed by atoms with Crippen LogP contribution in [0.3, 0.4) is 0 Å². The summed E-state index contributed by atoms with van der Waals surface area (Å²) in [6.07, 6.45) is 2.93. The van der Waals surface area contributed by atoms with Gasteiger partial charge in [0.05, 0.1) is 5.41 Å². The van der Waals surface area contributed by atoms with Crippen LogP contribution in [0.5, 0.6) is 11.5 Å². The van der Waals surface area contributed by atoms with Crippen molar-refractivity contribution in [3.05, 3.63) is 60.2 Å². The summed E-state index contributed by atoms with van der Waals surface area (Å²) in [6.45, 7) is 6.50. The van der Waals surface area contributed by atoms with Crippen molar-refractivity contribution in [3.63, 3.8) is 0 Å². The lowest BCUT2D eigenvalue weighted by molar-refractivity contribution is -0.144. The van der Waals surface area contributed by atoms with Crippen LogP contribution in [0.15, 0.2) is 54.6 Å². The summed E-state index contributed by atoms with van der Waals surface area (Å²) >= 11 is 0. The first-order valence-corrected chi connectivity index (χ1v) is 8.50. The molecule has 0 aliphatic rings. The normalized spacial score (nSPS) is 11.1. The lowest BCUT2D eigenvalue weighted by Crippen LogP contribution is -2.28. The van der Waals surface area contributed by atoms with E-state index in [2.05, 4.69) is 6.92 Å². The maximum absolute atomic E-state index is 12.3. The van der Waals surface area contributed by atoms with Crippen LogP contribution >= 0.6 is 0 Å². The van der Waals surface area contributed by atoms with Gasteiger partial charge in [0.2, 0.25) is 0 Å². The average molecular weight is 326 g/mol. The molecule has 0 atom stereocenters. The van der Waals surface area contributed by atoms with Crippen LogP contribution in [0.25, 0.3) is 0 Å². The van der Waals surface area contributed by atoms with Crippen LogP contribution in [-0.4, -0.2) is 5.97 Å². The number of carbonyl (C=O) groups excluding carboxylic acids is 1. The second-order valence-electron chi connectivity index (χ2n) is 6.62. The quantitative estimate of drug-likeness (QED) is 0.482. The van der Waals surface area contributed by atoms with Crippen LogP contribution in [0.1, 0.15) is 45.6 Å². The Hall–Kier alpha value is -2.29. The highest BCUT2D eigenvalue weighted by atomic mass is 16.5. The van der Waals surface area contributed by atoms with E-state index in [0.29, 0.717) is 12.4 Å². The minimum absolute atomic E-state index is 0.186. The molecule has 0 aromatic heterocycles. The Morgan fingerprint density at radius 2 is 1.58 bits per heavy atom. The van der Waals surface area contributed by atoms with Gasteiger partial charge < -0.3 is 9.47 Å². The van der Waals surface area contributed by atoms with Gasteiger partial charge in [0, 0.05) is 0 Å². The SMILES string of the molecule is CCCCC(C)(C)C(=O)Oc1ccc(OCc2ccccc2)cc1. The van der Waals surface area contributed by atoms with E-state index in [4.69, 9.17) is 9.47 Å². The summed E-state index contributed by atoms with van der Waals surface area (Å²) in [7, 11) is 0. The second-order valence-corrected chi connectivity index (χ2v) is 6.62. The van der Waals surface area contributed by atoms with Gasteiger partial charge in [-0.15, -0.1) is 0 Å². The van der Waals surface area contributed by atoms with Gasteiger partial charge in [0.25, 0.3) is 0 Å². The third kappa shape index (κ3) is 5.41. The van der Waals surface area contributed by atoms with Crippen molar-refractivity contribution < 1.29 is 14.3 Å². The van der Waals surface area contributed by atoms with Gasteiger partial charge in [-0.3, -0.25) is 4.79 Å². The lowest BCUT2D eigenvalue weighted by atomic mass is 9.87. The Bertz CT molecular complexity index is 630. The molecule has 0 aliphatic carbocycles. The molecule has 0 saturated carbocycles. The maximum atomic E-state index is 12.3. The summed E-state index contributed by atoms with van der Waals surface area (Å²) in [5.41, 5.74) is 0.657. The van der Waals surface area contributed by atoms with Crippen molar-refractivity contribution in [2.75, 3.05) is 0 Å². The van der Waals surface area contributed by atoms with E-state index in [0.717, 1.165) is 30.6 Å². The van der Waals surface area contributed by atoms with E-state index >= 15 is 0 Å². The minimum atomic E-state index is -0.460. The Balaban J connectivity index is 1.88. The zero-order chi connectivity index (χ0) is 17.4. The van der Waals surface area contributed by atoms with Crippen LogP contribution < -0.4 is 9.47 Å². The molecule has 0 N–H and O–H groups in total. The number of esters is 1. The summed E-state index contributed by atoms with van der Waals surface area (Å²) in [5.74, 6) is 1.12. The highest BCUT2D eigenvalue weighted by Crippen LogP contribution is 2.27. The minimum Gasteiger partial charge on any atom is -0.489 e. The average Bonchev–Trinajstić information content (AvgIpc) is 2.60. The molecular weight excluding hydrogens is 300 g/mol. The molecule has 0 unspecified atom stereocenters. The molecule has 0 saturated heterocycles.